The smallest absolute Gasteiger partial charge is 0.251 e. The Kier molecular flexibility index (Phi) is 6.50. The molecule has 0 saturated carbocycles. The molecule has 2 aromatic carbocycles. The third-order valence-electron chi connectivity index (χ3n) is 4.41. The van der Waals surface area contributed by atoms with E-state index in [1.807, 2.05) is 48.5 Å². The van der Waals surface area contributed by atoms with Crippen molar-refractivity contribution < 1.29 is 14.3 Å². The molecule has 0 spiro atoms. The molecule has 1 atom stereocenters. The normalized spacial score (nSPS) is 11.5. The number of hydrogen-bond acceptors (Lipinski definition) is 4. The van der Waals surface area contributed by atoms with Crippen molar-refractivity contribution in [1.29, 1.82) is 0 Å². The van der Waals surface area contributed by atoms with Crippen LogP contribution in [0.5, 0.6) is 11.5 Å². The molecule has 0 bridgehead atoms. The summed E-state index contributed by atoms with van der Waals surface area (Å²) >= 11 is 5.92. The topological polar surface area (TPSA) is 60.5 Å². The van der Waals surface area contributed by atoms with Crippen LogP contribution < -0.4 is 14.8 Å². The first kappa shape index (κ1) is 19.7. The van der Waals surface area contributed by atoms with Crippen LogP contribution >= 0.6 is 11.6 Å². The number of carbonyl (C=O) groups is 1. The minimum Gasteiger partial charge on any atom is -0.497 e. The lowest BCUT2D eigenvalue weighted by molar-refractivity contribution is 0.0936. The fraction of sp³-hybridized carbons (Fsp3) is 0.182. The van der Waals surface area contributed by atoms with E-state index < -0.39 is 0 Å². The predicted octanol–water partition coefficient (Wildman–Crippen LogP) is 4.47. The van der Waals surface area contributed by atoms with Crippen LogP contribution in [0.2, 0.25) is 5.15 Å². The summed E-state index contributed by atoms with van der Waals surface area (Å²) in [6.45, 7) is 0. The van der Waals surface area contributed by atoms with Gasteiger partial charge in [-0.15, -0.1) is 0 Å². The van der Waals surface area contributed by atoms with E-state index >= 15 is 0 Å². The Bertz CT molecular complexity index is 927. The van der Waals surface area contributed by atoms with E-state index in [1.165, 1.54) is 6.20 Å². The molecule has 1 amide bonds. The van der Waals surface area contributed by atoms with Gasteiger partial charge in [0.2, 0.25) is 0 Å². The molecule has 0 saturated heterocycles. The van der Waals surface area contributed by atoms with Gasteiger partial charge >= 0.3 is 0 Å². The van der Waals surface area contributed by atoms with E-state index in [4.69, 9.17) is 21.1 Å². The van der Waals surface area contributed by atoms with E-state index in [-0.39, 0.29) is 17.1 Å². The molecule has 1 aromatic heterocycles. The molecule has 0 fully saturated rings. The number of benzene rings is 2. The van der Waals surface area contributed by atoms with E-state index in [0.29, 0.717) is 12.0 Å². The molecule has 5 nitrogen and oxygen atoms in total. The fourth-order valence-corrected chi connectivity index (χ4v) is 3.04. The van der Waals surface area contributed by atoms with Crippen LogP contribution in [0.3, 0.4) is 0 Å². The lowest BCUT2D eigenvalue weighted by Gasteiger charge is -2.20. The van der Waals surface area contributed by atoms with Gasteiger partial charge in [-0.05, 0) is 53.9 Å². The average molecular weight is 397 g/mol. The van der Waals surface area contributed by atoms with Crippen molar-refractivity contribution in [2.45, 2.75) is 12.5 Å². The van der Waals surface area contributed by atoms with Crippen molar-refractivity contribution in [2.24, 2.45) is 0 Å². The number of carbonyl (C=O) groups excluding carboxylic acids is 1. The molecule has 1 unspecified atom stereocenters. The Morgan fingerprint density at radius 3 is 2.18 bits per heavy atom. The lowest BCUT2D eigenvalue weighted by Crippen LogP contribution is -2.30. The number of hydrogen-bond donors (Lipinski definition) is 1. The van der Waals surface area contributed by atoms with Crippen LogP contribution in [0.15, 0.2) is 66.9 Å². The molecule has 6 heteroatoms. The Hall–Kier alpha value is -3.05. The van der Waals surface area contributed by atoms with Crippen LogP contribution in [0.1, 0.15) is 27.5 Å². The third-order valence-corrected chi connectivity index (χ3v) is 4.62. The van der Waals surface area contributed by atoms with Gasteiger partial charge in [-0.1, -0.05) is 35.9 Å². The summed E-state index contributed by atoms with van der Waals surface area (Å²) < 4.78 is 10.4. The van der Waals surface area contributed by atoms with Crippen LogP contribution in [-0.4, -0.2) is 25.1 Å². The zero-order chi connectivity index (χ0) is 19.9. The molecule has 3 rings (SSSR count). The largest absolute Gasteiger partial charge is 0.497 e. The molecule has 1 heterocycles. The number of nitrogens with zero attached hydrogens (tertiary/aromatic N) is 1. The number of pyridine rings is 1. The van der Waals surface area contributed by atoms with Crippen molar-refractivity contribution in [1.82, 2.24) is 10.3 Å². The number of amides is 1. The second-order valence-corrected chi connectivity index (χ2v) is 6.61. The zero-order valence-electron chi connectivity index (χ0n) is 15.7. The SMILES string of the molecule is COc1ccc(CC(NC(=O)c2ccnc(Cl)c2)c2ccc(OC)cc2)cc1. The summed E-state index contributed by atoms with van der Waals surface area (Å²) in [5.41, 5.74) is 2.52. The maximum absolute atomic E-state index is 12.8. The second kappa shape index (κ2) is 9.24. The number of methoxy groups -OCH3 is 2. The summed E-state index contributed by atoms with van der Waals surface area (Å²) in [6, 6.07) is 18.4. The zero-order valence-corrected chi connectivity index (χ0v) is 16.4. The van der Waals surface area contributed by atoms with Crippen LogP contribution in [-0.2, 0) is 6.42 Å². The van der Waals surface area contributed by atoms with E-state index in [1.54, 1.807) is 26.4 Å². The van der Waals surface area contributed by atoms with Gasteiger partial charge in [-0.2, -0.15) is 0 Å². The number of rotatable bonds is 7. The van der Waals surface area contributed by atoms with Crippen LogP contribution in [0.25, 0.3) is 0 Å². The molecule has 3 aromatic rings. The van der Waals surface area contributed by atoms with Crippen molar-refractivity contribution in [3.05, 3.63) is 88.7 Å². The minimum absolute atomic E-state index is 0.210. The first-order valence-electron chi connectivity index (χ1n) is 8.78. The van der Waals surface area contributed by atoms with Gasteiger partial charge in [-0.3, -0.25) is 4.79 Å². The predicted molar refractivity (Wildman–Crippen MR) is 109 cm³/mol. The highest BCUT2D eigenvalue weighted by Gasteiger charge is 2.17. The first-order chi connectivity index (χ1) is 13.6. The standard InChI is InChI=1S/C22H21ClN2O3/c1-27-18-7-3-15(4-8-18)13-20(16-5-9-19(28-2)10-6-16)25-22(26)17-11-12-24-21(23)14-17/h3-12,14,20H,13H2,1-2H3,(H,25,26). The summed E-state index contributed by atoms with van der Waals surface area (Å²) in [5, 5.41) is 3.38. The Labute approximate surface area is 169 Å². The van der Waals surface area contributed by atoms with E-state index in [0.717, 1.165) is 22.6 Å². The second-order valence-electron chi connectivity index (χ2n) is 6.22. The highest BCUT2D eigenvalue weighted by molar-refractivity contribution is 6.29. The summed E-state index contributed by atoms with van der Waals surface area (Å²) in [4.78, 5) is 16.7. The van der Waals surface area contributed by atoms with Crippen molar-refractivity contribution in [2.75, 3.05) is 14.2 Å². The van der Waals surface area contributed by atoms with Crippen LogP contribution in [0.4, 0.5) is 0 Å². The Balaban J connectivity index is 1.85. The number of nitrogens with one attached hydrogen (secondary N) is 1. The molecule has 0 radical (unpaired) electrons. The maximum atomic E-state index is 12.8. The van der Waals surface area contributed by atoms with Gasteiger partial charge in [-0.25, -0.2) is 4.98 Å². The highest BCUT2D eigenvalue weighted by Crippen LogP contribution is 2.23. The Morgan fingerprint density at radius 1 is 1.00 bits per heavy atom. The minimum atomic E-state index is -0.223. The highest BCUT2D eigenvalue weighted by atomic mass is 35.5. The molecular formula is C22H21ClN2O3. The van der Waals surface area contributed by atoms with Crippen molar-refractivity contribution in [3.63, 3.8) is 0 Å². The van der Waals surface area contributed by atoms with E-state index in [9.17, 15) is 4.79 Å². The monoisotopic (exact) mass is 396 g/mol. The summed E-state index contributed by atoms with van der Waals surface area (Å²) in [7, 11) is 3.26. The summed E-state index contributed by atoms with van der Waals surface area (Å²) in [6.07, 6.45) is 2.14. The third kappa shape index (κ3) is 5.02. The lowest BCUT2D eigenvalue weighted by atomic mass is 9.98. The average Bonchev–Trinajstić information content (AvgIpc) is 2.74. The van der Waals surface area contributed by atoms with Gasteiger partial charge < -0.3 is 14.8 Å². The molecule has 0 aliphatic carbocycles. The van der Waals surface area contributed by atoms with Gasteiger partial charge in [0.05, 0.1) is 20.3 Å². The molecule has 144 valence electrons. The van der Waals surface area contributed by atoms with Gasteiger partial charge in [0.25, 0.3) is 5.91 Å². The molecule has 0 aliphatic heterocycles. The number of halogens is 1. The molecule has 0 aliphatic rings. The van der Waals surface area contributed by atoms with Gasteiger partial charge in [0, 0.05) is 11.8 Å². The van der Waals surface area contributed by atoms with E-state index in [2.05, 4.69) is 10.3 Å². The maximum Gasteiger partial charge on any atom is 0.251 e. The summed E-state index contributed by atoms with van der Waals surface area (Å²) in [5.74, 6) is 1.35. The molecule has 1 N–H and O–H groups in total. The Morgan fingerprint density at radius 2 is 1.61 bits per heavy atom. The fourth-order valence-electron chi connectivity index (χ4n) is 2.87. The van der Waals surface area contributed by atoms with Crippen molar-refractivity contribution >= 4 is 17.5 Å². The quantitative estimate of drug-likeness (QED) is 0.599. The number of aromatic nitrogens is 1. The van der Waals surface area contributed by atoms with Crippen molar-refractivity contribution in [3.8, 4) is 11.5 Å². The number of ether oxygens (including phenoxy) is 2. The van der Waals surface area contributed by atoms with Gasteiger partial charge in [0.1, 0.15) is 16.7 Å². The molecule has 28 heavy (non-hydrogen) atoms. The van der Waals surface area contributed by atoms with Crippen LogP contribution in [0, 0.1) is 0 Å². The molecular weight excluding hydrogens is 376 g/mol. The van der Waals surface area contributed by atoms with Gasteiger partial charge in [0.15, 0.2) is 0 Å². The first-order valence-corrected chi connectivity index (χ1v) is 9.16.